The molecule has 17 heavy (non-hydrogen) atoms. The first-order valence-electron chi connectivity index (χ1n) is 5.42. The van der Waals surface area contributed by atoms with Gasteiger partial charge in [0.25, 0.3) is 5.91 Å². The first-order valence-corrected chi connectivity index (χ1v) is 5.80. The molecule has 0 spiro atoms. The van der Waals surface area contributed by atoms with Crippen molar-refractivity contribution in [2.24, 2.45) is 0 Å². The summed E-state index contributed by atoms with van der Waals surface area (Å²) in [5, 5.41) is 12.3. The van der Waals surface area contributed by atoms with Crippen LogP contribution in [0.4, 0.5) is 0 Å². The number of nitriles is 1. The number of nitrogens with one attached hydrogen (secondary N) is 1. The highest BCUT2D eigenvalue weighted by atomic mass is 35.5. The number of carbonyl (C=O) groups excluding carboxylic acids is 1. The number of hydrogen-bond donors (Lipinski definition) is 1. The Bertz CT molecular complexity index is 479. The van der Waals surface area contributed by atoms with Gasteiger partial charge in [-0.05, 0) is 38.0 Å². The Morgan fingerprint density at radius 2 is 2.24 bits per heavy atom. The molecular formula is C13H15ClN2O. The topological polar surface area (TPSA) is 52.9 Å². The van der Waals surface area contributed by atoms with E-state index in [1.807, 2.05) is 6.92 Å². The van der Waals surface area contributed by atoms with Crippen LogP contribution in [0.25, 0.3) is 0 Å². The van der Waals surface area contributed by atoms with Crippen molar-refractivity contribution in [3.8, 4) is 6.07 Å². The minimum atomic E-state index is -0.841. The van der Waals surface area contributed by atoms with Gasteiger partial charge in [-0.2, -0.15) is 5.26 Å². The molecule has 0 bridgehead atoms. The Morgan fingerprint density at radius 1 is 1.59 bits per heavy atom. The molecule has 4 heteroatoms. The van der Waals surface area contributed by atoms with E-state index < -0.39 is 5.54 Å². The van der Waals surface area contributed by atoms with Gasteiger partial charge in [-0.3, -0.25) is 4.79 Å². The lowest BCUT2D eigenvalue weighted by Crippen LogP contribution is -2.44. The molecule has 0 aliphatic rings. The summed E-state index contributed by atoms with van der Waals surface area (Å²) in [5.74, 6) is -0.268. The second-order valence-corrected chi connectivity index (χ2v) is 4.57. The van der Waals surface area contributed by atoms with E-state index in [0.29, 0.717) is 17.0 Å². The highest BCUT2D eigenvalue weighted by Gasteiger charge is 2.25. The Hall–Kier alpha value is -1.53. The van der Waals surface area contributed by atoms with E-state index in [1.54, 1.807) is 32.0 Å². The van der Waals surface area contributed by atoms with Crippen LogP contribution in [-0.4, -0.2) is 11.4 Å². The summed E-state index contributed by atoms with van der Waals surface area (Å²) in [7, 11) is 0. The fourth-order valence-corrected chi connectivity index (χ4v) is 1.54. The first kappa shape index (κ1) is 13.5. The molecule has 1 aromatic carbocycles. The molecular weight excluding hydrogens is 236 g/mol. The highest BCUT2D eigenvalue weighted by molar-refractivity contribution is 6.31. The molecule has 0 aliphatic heterocycles. The molecule has 1 atom stereocenters. The maximum absolute atomic E-state index is 12.0. The summed E-state index contributed by atoms with van der Waals surface area (Å²) in [6.07, 6.45) is 0.550. The fraction of sp³-hybridized carbons (Fsp3) is 0.385. The predicted molar refractivity (Wildman–Crippen MR) is 68.0 cm³/mol. The average molecular weight is 251 g/mol. The Labute approximate surface area is 106 Å². The van der Waals surface area contributed by atoms with Gasteiger partial charge in [-0.1, -0.05) is 24.6 Å². The maximum Gasteiger partial charge on any atom is 0.252 e. The molecule has 0 fully saturated rings. The summed E-state index contributed by atoms with van der Waals surface area (Å²) < 4.78 is 0. The third kappa shape index (κ3) is 2.98. The van der Waals surface area contributed by atoms with Gasteiger partial charge in [-0.25, -0.2) is 0 Å². The van der Waals surface area contributed by atoms with Gasteiger partial charge < -0.3 is 5.32 Å². The lowest BCUT2D eigenvalue weighted by molar-refractivity contribution is 0.0922. The number of benzene rings is 1. The van der Waals surface area contributed by atoms with E-state index in [0.717, 1.165) is 5.56 Å². The molecule has 0 aliphatic carbocycles. The van der Waals surface area contributed by atoms with E-state index in [2.05, 4.69) is 11.4 Å². The van der Waals surface area contributed by atoms with E-state index in [9.17, 15) is 4.79 Å². The summed E-state index contributed by atoms with van der Waals surface area (Å²) in [6.45, 7) is 5.34. The number of carbonyl (C=O) groups is 1. The third-order valence-corrected chi connectivity index (χ3v) is 3.27. The average Bonchev–Trinajstić information content (AvgIpc) is 2.32. The molecule has 0 radical (unpaired) electrons. The molecule has 1 N–H and O–H groups in total. The maximum atomic E-state index is 12.0. The zero-order valence-corrected chi connectivity index (χ0v) is 10.9. The Balaban J connectivity index is 2.99. The van der Waals surface area contributed by atoms with Crippen molar-refractivity contribution in [1.82, 2.24) is 5.32 Å². The molecule has 90 valence electrons. The lowest BCUT2D eigenvalue weighted by Gasteiger charge is -2.21. The monoisotopic (exact) mass is 250 g/mol. The first-order chi connectivity index (χ1) is 7.93. The molecule has 0 aromatic heterocycles. The van der Waals surface area contributed by atoms with Crippen LogP contribution in [0.3, 0.4) is 0 Å². The van der Waals surface area contributed by atoms with Gasteiger partial charge in [0, 0.05) is 10.6 Å². The van der Waals surface area contributed by atoms with Gasteiger partial charge in [-0.15, -0.1) is 0 Å². The lowest BCUT2D eigenvalue weighted by atomic mass is 9.99. The number of amides is 1. The second-order valence-electron chi connectivity index (χ2n) is 4.16. The predicted octanol–water partition coefficient (Wildman–Crippen LogP) is 3.07. The van der Waals surface area contributed by atoms with Crippen LogP contribution in [0.15, 0.2) is 18.2 Å². The summed E-state index contributed by atoms with van der Waals surface area (Å²) in [6, 6.07) is 7.25. The zero-order chi connectivity index (χ0) is 13.1. The number of halogens is 1. The number of hydrogen-bond acceptors (Lipinski definition) is 2. The Kier molecular flexibility index (Phi) is 4.14. The minimum Gasteiger partial charge on any atom is -0.334 e. The van der Waals surface area contributed by atoms with Crippen LogP contribution < -0.4 is 5.32 Å². The van der Waals surface area contributed by atoms with Crippen molar-refractivity contribution in [1.29, 1.82) is 5.26 Å². The zero-order valence-electron chi connectivity index (χ0n) is 10.2. The van der Waals surface area contributed by atoms with Crippen LogP contribution in [-0.2, 0) is 0 Å². The fourth-order valence-electron chi connectivity index (χ4n) is 1.37. The van der Waals surface area contributed by atoms with Crippen LogP contribution in [0.1, 0.15) is 36.2 Å². The third-order valence-electron chi connectivity index (χ3n) is 2.86. The second kappa shape index (κ2) is 5.20. The standard InChI is InChI=1S/C13H15ClN2O/c1-4-13(3,8-15)16-12(17)10-6-5-7-11(14)9(10)2/h5-7H,4H2,1-3H3,(H,16,17). The van der Waals surface area contributed by atoms with Crippen molar-refractivity contribution in [3.05, 3.63) is 34.3 Å². The molecule has 1 rings (SSSR count). The number of nitrogens with zero attached hydrogens (tertiary/aromatic N) is 1. The van der Waals surface area contributed by atoms with Gasteiger partial charge >= 0.3 is 0 Å². The van der Waals surface area contributed by atoms with Crippen molar-refractivity contribution >= 4 is 17.5 Å². The van der Waals surface area contributed by atoms with Crippen LogP contribution >= 0.6 is 11.6 Å². The van der Waals surface area contributed by atoms with E-state index in [4.69, 9.17) is 16.9 Å². The molecule has 0 saturated carbocycles. The van der Waals surface area contributed by atoms with Gasteiger partial charge in [0.15, 0.2) is 0 Å². The largest absolute Gasteiger partial charge is 0.334 e. The molecule has 1 aromatic rings. The van der Waals surface area contributed by atoms with Crippen molar-refractivity contribution in [3.63, 3.8) is 0 Å². The number of rotatable bonds is 3. The van der Waals surface area contributed by atoms with E-state index in [1.165, 1.54) is 0 Å². The van der Waals surface area contributed by atoms with Crippen LogP contribution in [0, 0.1) is 18.3 Å². The van der Waals surface area contributed by atoms with Crippen LogP contribution in [0.2, 0.25) is 5.02 Å². The van der Waals surface area contributed by atoms with E-state index >= 15 is 0 Å². The van der Waals surface area contributed by atoms with Crippen molar-refractivity contribution in [2.75, 3.05) is 0 Å². The SMILES string of the molecule is CCC(C)(C#N)NC(=O)c1cccc(Cl)c1C. The highest BCUT2D eigenvalue weighted by Crippen LogP contribution is 2.19. The van der Waals surface area contributed by atoms with Gasteiger partial charge in [0.2, 0.25) is 0 Å². The molecule has 0 heterocycles. The quantitative estimate of drug-likeness (QED) is 0.896. The molecule has 3 nitrogen and oxygen atoms in total. The summed E-state index contributed by atoms with van der Waals surface area (Å²) >= 11 is 5.95. The summed E-state index contributed by atoms with van der Waals surface area (Å²) in [5.41, 5.74) is 0.391. The Morgan fingerprint density at radius 3 is 2.76 bits per heavy atom. The normalized spacial score (nSPS) is 13.6. The molecule has 1 unspecified atom stereocenters. The van der Waals surface area contributed by atoms with Crippen molar-refractivity contribution < 1.29 is 4.79 Å². The molecule has 1 amide bonds. The van der Waals surface area contributed by atoms with Gasteiger partial charge in [0.1, 0.15) is 5.54 Å². The van der Waals surface area contributed by atoms with E-state index in [-0.39, 0.29) is 5.91 Å². The summed E-state index contributed by atoms with van der Waals surface area (Å²) in [4.78, 5) is 12.0. The van der Waals surface area contributed by atoms with Crippen molar-refractivity contribution in [2.45, 2.75) is 32.7 Å². The van der Waals surface area contributed by atoms with Gasteiger partial charge in [0.05, 0.1) is 6.07 Å². The molecule has 0 saturated heterocycles. The minimum absolute atomic E-state index is 0.268. The smallest absolute Gasteiger partial charge is 0.252 e. The van der Waals surface area contributed by atoms with Crippen LogP contribution in [0.5, 0.6) is 0 Å².